The minimum atomic E-state index is -0.447. The van der Waals surface area contributed by atoms with Gasteiger partial charge in [0.15, 0.2) is 4.77 Å². The van der Waals surface area contributed by atoms with Crippen LogP contribution in [0.15, 0.2) is 42.5 Å². The Labute approximate surface area is 119 Å². The van der Waals surface area contributed by atoms with Crippen LogP contribution in [0.2, 0.25) is 5.02 Å². The van der Waals surface area contributed by atoms with Gasteiger partial charge in [-0.25, -0.2) is 4.39 Å². The van der Waals surface area contributed by atoms with Crippen LogP contribution in [0.1, 0.15) is 5.56 Å². The number of nitrogens with zero attached hydrogens (tertiary/aromatic N) is 1. The second-order valence-electron chi connectivity index (χ2n) is 4.29. The molecule has 0 radical (unpaired) electrons. The second kappa shape index (κ2) is 4.79. The summed E-state index contributed by atoms with van der Waals surface area (Å²) in [4.78, 5) is 2.99. The molecule has 2 nitrogen and oxygen atoms in total. The number of hydrogen-bond donors (Lipinski definition) is 1. The minimum absolute atomic E-state index is 0.100. The summed E-state index contributed by atoms with van der Waals surface area (Å²) in [5, 5.41) is 0.100. The number of nitrogens with one attached hydrogen (secondary N) is 1. The molecule has 0 atom stereocenters. The average molecular weight is 293 g/mol. The molecule has 0 saturated carbocycles. The predicted octanol–water partition coefficient (Wildman–Crippen LogP) is 4.54. The van der Waals surface area contributed by atoms with E-state index in [1.165, 1.54) is 6.07 Å². The molecule has 1 N–H and O–H groups in total. The molecule has 3 aromatic rings. The molecule has 1 aromatic heterocycles. The number of rotatable bonds is 2. The molecule has 5 heteroatoms. The molecule has 2 aromatic carbocycles. The molecule has 0 bridgehead atoms. The van der Waals surface area contributed by atoms with Crippen LogP contribution in [0.3, 0.4) is 0 Å². The zero-order valence-corrected chi connectivity index (χ0v) is 11.4. The highest BCUT2D eigenvalue weighted by molar-refractivity contribution is 7.71. The topological polar surface area (TPSA) is 20.7 Å². The molecule has 96 valence electrons. The van der Waals surface area contributed by atoms with E-state index in [0.717, 1.165) is 11.1 Å². The van der Waals surface area contributed by atoms with E-state index < -0.39 is 5.82 Å². The third-order valence-electron chi connectivity index (χ3n) is 3.00. The first kappa shape index (κ1) is 12.4. The lowest BCUT2D eigenvalue weighted by molar-refractivity contribution is 0.629. The summed E-state index contributed by atoms with van der Waals surface area (Å²) in [5.74, 6) is -0.447. The molecule has 0 aliphatic rings. The highest BCUT2D eigenvalue weighted by Crippen LogP contribution is 2.23. The molecule has 0 aliphatic carbocycles. The molecular weight excluding hydrogens is 283 g/mol. The first-order valence-corrected chi connectivity index (χ1v) is 6.55. The van der Waals surface area contributed by atoms with Crippen LogP contribution in [-0.4, -0.2) is 9.55 Å². The van der Waals surface area contributed by atoms with Crippen molar-refractivity contribution in [2.75, 3.05) is 0 Å². The van der Waals surface area contributed by atoms with Crippen molar-refractivity contribution in [1.29, 1.82) is 0 Å². The van der Waals surface area contributed by atoms with E-state index in [4.69, 9.17) is 23.8 Å². The third-order valence-corrected chi connectivity index (χ3v) is 3.61. The molecule has 0 spiro atoms. The van der Waals surface area contributed by atoms with Gasteiger partial charge in [-0.15, -0.1) is 0 Å². The molecule has 0 aliphatic heterocycles. The Kier molecular flexibility index (Phi) is 3.12. The summed E-state index contributed by atoms with van der Waals surface area (Å²) in [6.45, 7) is 0.627. The molecule has 0 unspecified atom stereocenters. The maximum Gasteiger partial charge on any atom is 0.178 e. The van der Waals surface area contributed by atoms with Crippen molar-refractivity contribution >= 4 is 34.9 Å². The fourth-order valence-electron chi connectivity index (χ4n) is 2.07. The monoisotopic (exact) mass is 292 g/mol. The fraction of sp³-hybridized carbons (Fsp3) is 0.0714. The van der Waals surface area contributed by atoms with Gasteiger partial charge in [-0.05, 0) is 23.8 Å². The number of aromatic nitrogens is 2. The molecule has 1 heterocycles. The van der Waals surface area contributed by atoms with E-state index >= 15 is 0 Å². The van der Waals surface area contributed by atoms with Gasteiger partial charge in [-0.3, -0.25) is 0 Å². The van der Waals surface area contributed by atoms with E-state index in [2.05, 4.69) is 4.98 Å². The van der Waals surface area contributed by atoms with Crippen LogP contribution in [0.4, 0.5) is 4.39 Å². The number of aromatic amines is 1. The van der Waals surface area contributed by atoms with Gasteiger partial charge < -0.3 is 9.55 Å². The second-order valence-corrected chi connectivity index (χ2v) is 5.08. The van der Waals surface area contributed by atoms with Gasteiger partial charge in [-0.1, -0.05) is 41.9 Å². The maximum atomic E-state index is 13.4. The zero-order valence-electron chi connectivity index (χ0n) is 9.86. The van der Waals surface area contributed by atoms with Gasteiger partial charge in [0.05, 0.1) is 22.6 Å². The third kappa shape index (κ3) is 2.29. The molecule has 3 rings (SSSR count). The highest BCUT2D eigenvalue weighted by atomic mass is 35.5. The lowest BCUT2D eigenvalue weighted by atomic mass is 10.2. The van der Waals surface area contributed by atoms with Crippen molar-refractivity contribution in [1.82, 2.24) is 9.55 Å². The number of fused-ring (bicyclic) bond motifs is 1. The predicted molar refractivity (Wildman–Crippen MR) is 77.6 cm³/mol. The standard InChI is InChI=1S/C14H10ClFN2S/c15-10-6-13-12(7-11(10)16)17-14(19)18(13)8-9-4-2-1-3-5-9/h1-7H,8H2,(H,17,19). The van der Waals surface area contributed by atoms with Crippen LogP contribution < -0.4 is 0 Å². The number of hydrogen-bond acceptors (Lipinski definition) is 1. The van der Waals surface area contributed by atoms with Gasteiger partial charge >= 0.3 is 0 Å². The Hall–Kier alpha value is -1.65. The van der Waals surface area contributed by atoms with Crippen molar-refractivity contribution in [2.24, 2.45) is 0 Å². The minimum Gasteiger partial charge on any atom is -0.330 e. The van der Waals surface area contributed by atoms with Crippen LogP contribution in [0.25, 0.3) is 11.0 Å². The van der Waals surface area contributed by atoms with Crippen LogP contribution in [-0.2, 0) is 6.54 Å². The van der Waals surface area contributed by atoms with Gasteiger partial charge in [0.25, 0.3) is 0 Å². The van der Waals surface area contributed by atoms with E-state index in [9.17, 15) is 4.39 Å². The Morgan fingerprint density at radius 1 is 1.21 bits per heavy atom. The van der Waals surface area contributed by atoms with Gasteiger partial charge in [-0.2, -0.15) is 0 Å². The fourth-order valence-corrected chi connectivity index (χ4v) is 2.51. The maximum absolute atomic E-state index is 13.4. The molecule has 0 fully saturated rings. The first-order chi connectivity index (χ1) is 9.15. The number of imidazole rings is 1. The lowest BCUT2D eigenvalue weighted by Gasteiger charge is -2.05. The summed E-state index contributed by atoms with van der Waals surface area (Å²) in [5.41, 5.74) is 2.59. The average Bonchev–Trinajstić information content (AvgIpc) is 2.68. The van der Waals surface area contributed by atoms with Crippen molar-refractivity contribution in [3.05, 3.63) is 63.6 Å². The summed E-state index contributed by atoms with van der Waals surface area (Å²) in [6.07, 6.45) is 0. The number of H-pyrrole nitrogens is 1. The first-order valence-electron chi connectivity index (χ1n) is 5.76. The van der Waals surface area contributed by atoms with Gasteiger partial charge in [0.1, 0.15) is 5.82 Å². The van der Waals surface area contributed by atoms with Crippen LogP contribution >= 0.6 is 23.8 Å². The summed E-state index contributed by atoms with van der Waals surface area (Å²) in [6, 6.07) is 12.9. The molecule has 0 saturated heterocycles. The van der Waals surface area contributed by atoms with E-state index in [-0.39, 0.29) is 5.02 Å². The largest absolute Gasteiger partial charge is 0.330 e. The van der Waals surface area contributed by atoms with E-state index in [0.29, 0.717) is 16.8 Å². The summed E-state index contributed by atoms with van der Waals surface area (Å²) in [7, 11) is 0. The van der Waals surface area contributed by atoms with Crippen molar-refractivity contribution in [3.8, 4) is 0 Å². The SMILES string of the molecule is Fc1cc2[nH]c(=S)n(Cc3ccccc3)c2cc1Cl. The Morgan fingerprint density at radius 3 is 2.68 bits per heavy atom. The lowest BCUT2D eigenvalue weighted by Crippen LogP contribution is -1.99. The Bertz CT molecular complexity index is 792. The van der Waals surface area contributed by atoms with Crippen molar-refractivity contribution in [3.63, 3.8) is 0 Å². The Morgan fingerprint density at radius 2 is 1.95 bits per heavy atom. The van der Waals surface area contributed by atoms with Crippen LogP contribution in [0, 0.1) is 10.6 Å². The van der Waals surface area contributed by atoms with Gasteiger partial charge in [0, 0.05) is 6.07 Å². The number of benzene rings is 2. The quantitative estimate of drug-likeness (QED) is 0.688. The molecular formula is C14H10ClFN2S. The molecule has 19 heavy (non-hydrogen) atoms. The summed E-state index contributed by atoms with van der Waals surface area (Å²) >= 11 is 11.1. The molecule has 0 amide bonds. The van der Waals surface area contributed by atoms with E-state index in [1.54, 1.807) is 6.07 Å². The Balaban J connectivity index is 2.16. The van der Waals surface area contributed by atoms with Gasteiger partial charge in [0.2, 0.25) is 0 Å². The normalized spacial score (nSPS) is 11.1. The number of halogens is 2. The van der Waals surface area contributed by atoms with Crippen molar-refractivity contribution in [2.45, 2.75) is 6.54 Å². The van der Waals surface area contributed by atoms with E-state index in [1.807, 2.05) is 34.9 Å². The van der Waals surface area contributed by atoms with Crippen molar-refractivity contribution < 1.29 is 4.39 Å². The zero-order chi connectivity index (χ0) is 13.4. The highest BCUT2D eigenvalue weighted by Gasteiger charge is 2.09. The smallest absolute Gasteiger partial charge is 0.178 e. The summed E-state index contributed by atoms with van der Waals surface area (Å²) < 4.78 is 15.9. The van der Waals surface area contributed by atoms with Crippen LogP contribution in [0.5, 0.6) is 0 Å².